The van der Waals surface area contributed by atoms with Gasteiger partial charge in [0.25, 0.3) is 0 Å². The summed E-state index contributed by atoms with van der Waals surface area (Å²) in [6.07, 6.45) is 0. The number of nitrogens with zero attached hydrogens (tertiary/aromatic N) is 3. The van der Waals surface area contributed by atoms with Crippen molar-refractivity contribution in [1.29, 1.82) is 0 Å². The number of hydrogen-bond acceptors (Lipinski definition) is 3. The van der Waals surface area contributed by atoms with Gasteiger partial charge >= 0.3 is 5.97 Å². The Labute approximate surface area is 102 Å². The Balaban J connectivity index is 3.01. The number of rotatable bonds is 5. The van der Waals surface area contributed by atoms with Crippen LogP contribution in [0.25, 0.3) is 0 Å². The van der Waals surface area contributed by atoms with Gasteiger partial charge in [0.15, 0.2) is 0 Å². The van der Waals surface area contributed by atoms with Crippen LogP contribution in [0.2, 0.25) is 0 Å². The third-order valence-corrected chi connectivity index (χ3v) is 3.28. The monoisotopic (exact) mass is 239 g/mol. The molecule has 1 heterocycles. The molecule has 1 atom stereocenters. The SMILES string of the molecule is CCN(CC(=O)O)C(C)c1c(C)nn(C)c1C. The third-order valence-electron chi connectivity index (χ3n) is 3.28. The molecular weight excluding hydrogens is 218 g/mol. The Kier molecular flexibility index (Phi) is 4.28. The highest BCUT2D eigenvalue weighted by atomic mass is 16.4. The van der Waals surface area contributed by atoms with Gasteiger partial charge in [-0.2, -0.15) is 5.10 Å². The first kappa shape index (κ1) is 13.7. The molecule has 0 bridgehead atoms. The number of carbonyl (C=O) groups is 1. The molecule has 0 aliphatic carbocycles. The normalized spacial score (nSPS) is 13.1. The van der Waals surface area contributed by atoms with Gasteiger partial charge in [0, 0.05) is 24.3 Å². The van der Waals surface area contributed by atoms with Crippen molar-refractivity contribution in [2.45, 2.75) is 33.7 Å². The number of aliphatic carboxylic acids is 1. The predicted octanol–water partition coefficient (Wildman–Crippen LogP) is 1.50. The predicted molar refractivity (Wildman–Crippen MR) is 66.0 cm³/mol. The molecule has 0 aliphatic rings. The van der Waals surface area contributed by atoms with Gasteiger partial charge in [0.05, 0.1) is 12.2 Å². The summed E-state index contributed by atoms with van der Waals surface area (Å²) in [7, 11) is 1.91. The Morgan fingerprint density at radius 3 is 2.47 bits per heavy atom. The van der Waals surface area contributed by atoms with E-state index in [0.717, 1.165) is 17.0 Å². The zero-order valence-electron chi connectivity index (χ0n) is 11.2. The fraction of sp³-hybridized carbons (Fsp3) is 0.667. The fourth-order valence-electron chi connectivity index (χ4n) is 2.27. The van der Waals surface area contributed by atoms with Gasteiger partial charge in [-0.25, -0.2) is 0 Å². The molecule has 1 unspecified atom stereocenters. The van der Waals surface area contributed by atoms with Gasteiger partial charge in [0.1, 0.15) is 0 Å². The minimum Gasteiger partial charge on any atom is -0.480 e. The van der Waals surface area contributed by atoms with Crippen LogP contribution in [-0.2, 0) is 11.8 Å². The molecule has 1 rings (SSSR count). The number of carboxylic acids is 1. The van der Waals surface area contributed by atoms with Crippen molar-refractivity contribution in [3.63, 3.8) is 0 Å². The van der Waals surface area contributed by atoms with Crippen LogP contribution in [0.1, 0.15) is 36.8 Å². The first-order chi connectivity index (χ1) is 7.88. The molecule has 0 aromatic carbocycles. The largest absolute Gasteiger partial charge is 0.480 e. The highest BCUT2D eigenvalue weighted by Gasteiger charge is 2.22. The van der Waals surface area contributed by atoms with E-state index in [2.05, 4.69) is 5.10 Å². The zero-order chi connectivity index (χ0) is 13.2. The van der Waals surface area contributed by atoms with Crippen LogP contribution in [0.3, 0.4) is 0 Å². The second-order valence-corrected chi connectivity index (χ2v) is 4.34. The van der Waals surface area contributed by atoms with Crippen molar-refractivity contribution in [1.82, 2.24) is 14.7 Å². The van der Waals surface area contributed by atoms with E-state index in [-0.39, 0.29) is 12.6 Å². The maximum absolute atomic E-state index is 10.8. The number of aromatic nitrogens is 2. The molecule has 0 aliphatic heterocycles. The van der Waals surface area contributed by atoms with Gasteiger partial charge in [0.2, 0.25) is 0 Å². The Morgan fingerprint density at radius 1 is 1.53 bits per heavy atom. The van der Waals surface area contributed by atoms with Crippen LogP contribution in [0.15, 0.2) is 0 Å². The topological polar surface area (TPSA) is 58.4 Å². The minimum atomic E-state index is -0.794. The quantitative estimate of drug-likeness (QED) is 0.846. The molecule has 1 aromatic rings. The molecule has 5 heteroatoms. The van der Waals surface area contributed by atoms with Crippen LogP contribution in [0.5, 0.6) is 0 Å². The van der Waals surface area contributed by atoms with Crippen LogP contribution in [0.4, 0.5) is 0 Å². The lowest BCUT2D eigenvalue weighted by Gasteiger charge is -2.26. The summed E-state index contributed by atoms with van der Waals surface area (Å²) >= 11 is 0. The van der Waals surface area contributed by atoms with Gasteiger partial charge in [-0.15, -0.1) is 0 Å². The van der Waals surface area contributed by atoms with Crippen molar-refractivity contribution >= 4 is 5.97 Å². The molecule has 17 heavy (non-hydrogen) atoms. The Bertz CT molecular complexity index is 412. The Hall–Kier alpha value is -1.36. The molecule has 96 valence electrons. The molecule has 1 N–H and O–H groups in total. The number of aryl methyl sites for hydroxylation is 2. The van der Waals surface area contributed by atoms with E-state index in [0.29, 0.717) is 6.54 Å². The molecule has 0 saturated carbocycles. The summed E-state index contributed by atoms with van der Waals surface area (Å²) in [5, 5.41) is 13.3. The standard InChI is InChI=1S/C12H21N3O2/c1-6-15(7-11(16)17)10(4)12-8(2)13-14(5)9(12)3/h10H,6-7H2,1-5H3,(H,16,17). The molecule has 0 fully saturated rings. The van der Waals surface area contributed by atoms with Crippen molar-refractivity contribution < 1.29 is 9.90 Å². The van der Waals surface area contributed by atoms with Gasteiger partial charge in [-0.3, -0.25) is 14.4 Å². The summed E-state index contributed by atoms with van der Waals surface area (Å²) < 4.78 is 1.84. The minimum absolute atomic E-state index is 0.0610. The van der Waals surface area contributed by atoms with Crippen LogP contribution >= 0.6 is 0 Å². The van der Waals surface area contributed by atoms with Crippen molar-refractivity contribution in [2.24, 2.45) is 7.05 Å². The van der Waals surface area contributed by atoms with Crippen molar-refractivity contribution in [3.8, 4) is 0 Å². The maximum atomic E-state index is 10.8. The molecule has 0 saturated heterocycles. The molecule has 0 radical (unpaired) electrons. The van der Waals surface area contributed by atoms with E-state index in [1.165, 1.54) is 0 Å². The highest BCUT2D eigenvalue weighted by Crippen LogP contribution is 2.25. The highest BCUT2D eigenvalue weighted by molar-refractivity contribution is 5.69. The molecular formula is C12H21N3O2. The number of likely N-dealkylation sites (N-methyl/N-ethyl adjacent to an activating group) is 1. The van der Waals surface area contributed by atoms with E-state index < -0.39 is 5.97 Å². The van der Waals surface area contributed by atoms with Gasteiger partial charge in [-0.05, 0) is 27.3 Å². The third kappa shape index (κ3) is 2.85. The molecule has 1 aromatic heterocycles. The van der Waals surface area contributed by atoms with Crippen LogP contribution in [0, 0.1) is 13.8 Å². The van der Waals surface area contributed by atoms with Gasteiger partial charge < -0.3 is 5.11 Å². The van der Waals surface area contributed by atoms with Crippen LogP contribution < -0.4 is 0 Å². The molecule has 0 amide bonds. The van der Waals surface area contributed by atoms with Crippen molar-refractivity contribution in [2.75, 3.05) is 13.1 Å². The average molecular weight is 239 g/mol. The van der Waals surface area contributed by atoms with Crippen molar-refractivity contribution in [3.05, 3.63) is 17.0 Å². The van der Waals surface area contributed by atoms with E-state index in [4.69, 9.17) is 5.11 Å². The summed E-state index contributed by atoms with van der Waals surface area (Å²) in [5.74, 6) is -0.794. The van der Waals surface area contributed by atoms with Gasteiger partial charge in [-0.1, -0.05) is 6.92 Å². The summed E-state index contributed by atoms with van der Waals surface area (Å²) in [6, 6.07) is 0.0739. The first-order valence-corrected chi connectivity index (χ1v) is 5.84. The smallest absolute Gasteiger partial charge is 0.317 e. The van der Waals surface area contributed by atoms with E-state index in [1.807, 2.05) is 44.3 Å². The Morgan fingerprint density at radius 2 is 2.12 bits per heavy atom. The molecule has 0 spiro atoms. The molecule has 5 nitrogen and oxygen atoms in total. The second-order valence-electron chi connectivity index (χ2n) is 4.34. The maximum Gasteiger partial charge on any atom is 0.317 e. The first-order valence-electron chi connectivity index (χ1n) is 5.84. The lowest BCUT2D eigenvalue weighted by atomic mass is 10.0. The van der Waals surface area contributed by atoms with E-state index in [9.17, 15) is 4.79 Å². The number of hydrogen-bond donors (Lipinski definition) is 1. The van der Waals surface area contributed by atoms with E-state index in [1.54, 1.807) is 0 Å². The zero-order valence-corrected chi connectivity index (χ0v) is 11.2. The lowest BCUT2D eigenvalue weighted by molar-refractivity contribution is -0.138. The number of carboxylic acid groups (broad SMARTS) is 1. The summed E-state index contributed by atoms with van der Waals surface area (Å²) in [6.45, 7) is 8.75. The summed E-state index contributed by atoms with van der Waals surface area (Å²) in [4.78, 5) is 12.7. The average Bonchev–Trinajstić information content (AvgIpc) is 2.48. The van der Waals surface area contributed by atoms with E-state index >= 15 is 0 Å². The fourth-order valence-corrected chi connectivity index (χ4v) is 2.27. The summed E-state index contributed by atoms with van der Waals surface area (Å²) in [5.41, 5.74) is 3.20. The van der Waals surface area contributed by atoms with Crippen LogP contribution in [-0.4, -0.2) is 38.8 Å². The lowest BCUT2D eigenvalue weighted by Crippen LogP contribution is -2.32. The second kappa shape index (κ2) is 5.31.